The van der Waals surface area contributed by atoms with E-state index in [1.165, 1.54) is 16.0 Å². The van der Waals surface area contributed by atoms with Crippen molar-refractivity contribution in [3.05, 3.63) is 52.2 Å². The van der Waals surface area contributed by atoms with E-state index in [9.17, 15) is 0 Å². The molecule has 0 aliphatic carbocycles. The first-order chi connectivity index (χ1) is 11.2. The average Bonchev–Trinajstić information content (AvgIpc) is 2.83. The Hall–Kier alpha value is -1.98. The lowest BCUT2D eigenvalue weighted by atomic mass is 10.1. The number of rotatable bonds is 6. The SMILES string of the molecule is COCCNc1nc(Cc2ccccc2)nc2sc(C)c(C)c12. The molecule has 23 heavy (non-hydrogen) atoms. The van der Waals surface area contributed by atoms with Crippen molar-refractivity contribution in [1.29, 1.82) is 0 Å². The second-order valence-corrected chi connectivity index (χ2v) is 6.74. The summed E-state index contributed by atoms with van der Waals surface area (Å²) < 4.78 is 5.13. The van der Waals surface area contributed by atoms with E-state index in [0.717, 1.165) is 34.8 Å². The smallest absolute Gasteiger partial charge is 0.138 e. The van der Waals surface area contributed by atoms with Crippen LogP contribution in [0, 0.1) is 13.8 Å². The number of benzene rings is 1. The van der Waals surface area contributed by atoms with E-state index in [-0.39, 0.29) is 0 Å². The first-order valence-corrected chi connectivity index (χ1v) is 8.54. The first-order valence-electron chi connectivity index (χ1n) is 7.72. The van der Waals surface area contributed by atoms with E-state index in [2.05, 4.69) is 31.3 Å². The van der Waals surface area contributed by atoms with Gasteiger partial charge in [0.15, 0.2) is 0 Å². The topological polar surface area (TPSA) is 47.0 Å². The minimum absolute atomic E-state index is 0.654. The lowest BCUT2D eigenvalue weighted by Crippen LogP contribution is -2.11. The Labute approximate surface area is 140 Å². The Bertz CT molecular complexity index is 799. The Morgan fingerprint density at radius 1 is 1.13 bits per heavy atom. The summed E-state index contributed by atoms with van der Waals surface area (Å²) in [5.41, 5.74) is 2.48. The van der Waals surface area contributed by atoms with Gasteiger partial charge >= 0.3 is 0 Å². The summed E-state index contributed by atoms with van der Waals surface area (Å²) in [6, 6.07) is 10.3. The third-order valence-corrected chi connectivity index (χ3v) is 4.98. The number of methoxy groups -OCH3 is 1. The first kappa shape index (κ1) is 15.9. The van der Waals surface area contributed by atoms with Crippen LogP contribution >= 0.6 is 11.3 Å². The molecule has 0 unspecified atom stereocenters. The molecule has 0 saturated heterocycles. The van der Waals surface area contributed by atoms with Gasteiger partial charge in [-0.1, -0.05) is 30.3 Å². The predicted molar refractivity (Wildman–Crippen MR) is 96.5 cm³/mol. The molecule has 0 aliphatic heterocycles. The standard InChI is InChI=1S/C18H21N3OS/c1-12-13(2)23-18-16(12)17(19-9-10-22-3)20-15(21-18)11-14-7-5-4-6-8-14/h4-8H,9-11H2,1-3H3,(H,19,20,21). The highest BCUT2D eigenvalue weighted by Gasteiger charge is 2.14. The molecule has 0 saturated carbocycles. The van der Waals surface area contributed by atoms with Crippen LogP contribution in [-0.4, -0.2) is 30.2 Å². The molecule has 0 bridgehead atoms. The number of thiophene rings is 1. The van der Waals surface area contributed by atoms with Crippen LogP contribution in [0.1, 0.15) is 21.8 Å². The van der Waals surface area contributed by atoms with Gasteiger partial charge in [0.1, 0.15) is 16.5 Å². The fourth-order valence-electron chi connectivity index (χ4n) is 2.55. The summed E-state index contributed by atoms with van der Waals surface area (Å²) in [7, 11) is 1.71. The normalized spacial score (nSPS) is 11.1. The Kier molecular flexibility index (Phi) is 4.88. The third kappa shape index (κ3) is 3.51. The molecular formula is C18H21N3OS. The van der Waals surface area contributed by atoms with Crippen LogP contribution in [0.2, 0.25) is 0 Å². The van der Waals surface area contributed by atoms with E-state index in [1.807, 2.05) is 18.2 Å². The molecule has 3 aromatic rings. The molecule has 0 amide bonds. The highest BCUT2D eigenvalue weighted by atomic mass is 32.1. The van der Waals surface area contributed by atoms with Crippen molar-refractivity contribution in [2.45, 2.75) is 20.3 Å². The Morgan fingerprint density at radius 2 is 1.91 bits per heavy atom. The zero-order chi connectivity index (χ0) is 16.2. The highest BCUT2D eigenvalue weighted by molar-refractivity contribution is 7.18. The zero-order valence-corrected chi connectivity index (χ0v) is 14.5. The number of ether oxygens (including phenoxy) is 1. The van der Waals surface area contributed by atoms with Crippen molar-refractivity contribution in [3.63, 3.8) is 0 Å². The van der Waals surface area contributed by atoms with Crippen molar-refractivity contribution >= 4 is 27.4 Å². The number of nitrogens with zero attached hydrogens (tertiary/aromatic N) is 2. The summed E-state index contributed by atoms with van der Waals surface area (Å²) >= 11 is 1.73. The van der Waals surface area contributed by atoms with Crippen LogP contribution in [0.5, 0.6) is 0 Å². The fraction of sp³-hybridized carbons (Fsp3) is 0.333. The quantitative estimate of drug-likeness (QED) is 0.696. The Balaban J connectivity index is 1.99. The number of aromatic nitrogens is 2. The van der Waals surface area contributed by atoms with E-state index >= 15 is 0 Å². The maximum atomic E-state index is 5.13. The molecule has 4 nitrogen and oxygen atoms in total. The van der Waals surface area contributed by atoms with Gasteiger partial charge in [0.25, 0.3) is 0 Å². The number of hydrogen-bond donors (Lipinski definition) is 1. The van der Waals surface area contributed by atoms with Crippen LogP contribution < -0.4 is 5.32 Å². The molecule has 1 aromatic carbocycles. The zero-order valence-electron chi connectivity index (χ0n) is 13.7. The van der Waals surface area contributed by atoms with Crippen LogP contribution in [0.25, 0.3) is 10.2 Å². The largest absolute Gasteiger partial charge is 0.383 e. The molecule has 1 N–H and O–H groups in total. The van der Waals surface area contributed by atoms with Crippen LogP contribution in [-0.2, 0) is 11.2 Å². The van der Waals surface area contributed by atoms with E-state index in [4.69, 9.17) is 14.7 Å². The van der Waals surface area contributed by atoms with Gasteiger partial charge in [0, 0.05) is 25.0 Å². The van der Waals surface area contributed by atoms with Crippen molar-refractivity contribution in [2.24, 2.45) is 0 Å². The summed E-state index contributed by atoms with van der Waals surface area (Å²) in [6.45, 7) is 5.66. The molecule has 0 fully saturated rings. The van der Waals surface area contributed by atoms with Gasteiger partial charge in [-0.15, -0.1) is 11.3 Å². The molecule has 0 radical (unpaired) electrons. The second-order valence-electron chi connectivity index (χ2n) is 5.53. The molecule has 0 spiro atoms. The van der Waals surface area contributed by atoms with E-state index in [1.54, 1.807) is 18.4 Å². The van der Waals surface area contributed by atoms with Gasteiger partial charge in [-0.25, -0.2) is 9.97 Å². The second kappa shape index (κ2) is 7.06. The lowest BCUT2D eigenvalue weighted by Gasteiger charge is -2.09. The molecule has 120 valence electrons. The maximum Gasteiger partial charge on any atom is 0.138 e. The minimum atomic E-state index is 0.654. The monoisotopic (exact) mass is 327 g/mol. The predicted octanol–water partition coefficient (Wildman–Crippen LogP) is 3.96. The van der Waals surface area contributed by atoms with Crippen LogP contribution in [0.4, 0.5) is 5.82 Å². The van der Waals surface area contributed by atoms with Crippen LogP contribution in [0.3, 0.4) is 0 Å². The number of aryl methyl sites for hydroxylation is 2. The van der Waals surface area contributed by atoms with E-state index < -0.39 is 0 Å². The van der Waals surface area contributed by atoms with Crippen molar-refractivity contribution < 1.29 is 4.74 Å². The third-order valence-electron chi connectivity index (χ3n) is 3.88. The Morgan fingerprint density at radius 3 is 2.65 bits per heavy atom. The summed E-state index contributed by atoms with van der Waals surface area (Å²) in [6.07, 6.45) is 0.742. The highest BCUT2D eigenvalue weighted by Crippen LogP contribution is 2.33. The van der Waals surface area contributed by atoms with Crippen molar-refractivity contribution in [1.82, 2.24) is 9.97 Å². The fourth-order valence-corrected chi connectivity index (χ4v) is 3.60. The summed E-state index contributed by atoms with van der Waals surface area (Å²) in [4.78, 5) is 11.9. The molecule has 0 atom stereocenters. The molecular weight excluding hydrogens is 306 g/mol. The molecule has 2 aromatic heterocycles. The lowest BCUT2D eigenvalue weighted by molar-refractivity contribution is 0.210. The number of hydrogen-bond acceptors (Lipinski definition) is 5. The number of fused-ring (bicyclic) bond motifs is 1. The minimum Gasteiger partial charge on any atom is -0.383 e. The molecule has 2 heterocycles. The maximum absolute atomic E-state index is 5.13. The number of anilines is 1. The van der Waals surface area contributed by atoms with Gasteiger partial charge in [-0.2, -0.15) is 0 Å². The van der Waals surface area contributed by atoms with Gasteiger partial charge in [0.2, 0.25) is 0 Å². The molecule has 5 heteroatoms. The molecule has 3 rings (SSSR count). The molecule has 0 aliphatic rings. The average molecular weight is 327 g/mol. The van der Waals surface area contributed by atoms with Gasteiger partial charge in [-0.05, 0) is 25.0 Å². The van der Waals surface area contributed by atoms with Gasteiger partial charge < -0.3 is 10.1 Å². The van der Waals surface area contributed by atoms with Crippen LogP contribution in [0.15, 0.2) is 30.3 Å². The van der Waals surface area contributed by atoms with Gasteiger partial charge in [-0.3, -0.25) is 0 Å². The van der Waals surface area contributed by atoms with Crippen molar-refractivity contribution in [2.75, 3.05) is 25.6 Å². The van der Waals surface area contributed by atoms with E-state index in [0.29, 0.717) is 6.61 Å². The summed E-state index contributed by atoms with van der Waals surface area (Å²) in [5, 5.41) is 4.54. The van der Waals surface area contributed by atoms with Crippen molar-refractivity contribution in [3.8, 4) is 0 Å². The van der Waals surface area contributed by atoms with Gasteiger partial charge in [0.05, 0.1) is 12.0 Å². The number of nitrogens with one attached hydrogen (secondary N) is 1. The summed E-state index contributed by atoms with van der Waals surface area (Å²) in [5.74, 6) is 1.77.